The molecule has 1 aromatic rings. The first kappa shape index (κ1) is 24.2. The molecule has 7 nitrogen and oxygen atoms in total. The van der Waals surface area contributed by atoms with E-state index in [0.717, 1.165) is 17.0 Å². The summed E-state index contributed by atoms with van der Waals surface area (Å²) in [5, 5.41) is 0. The van der Waals surface area contributed by atoms with E-state index in [-0.39, 0.29) is 11.2 Å². The van der Waals surface area contributed by atoms with E-state index < -0.39 is 17.7 Å². The van der Waals surface area contributed by atoms with Crippen LogP contribution in [0.5, 0.6) is 0 Å². The first-order chi connectivity index (χ1) is 13.6. The van der Waals surface area contributed by atoms with Gasteiger partial charge in [-0.05, 0) is 33.6 Å². The summed E-state index contributed by atoms with van der Waals surface area (Å²) in [6.45, 7) is 9.09. The van der Waals surface area contributed by atoms with E-state index in [1.54, 1.807) is 13.8 Å². The summed E-state index contributed by atoms with van der Waals surface area (Å²) in [6, 6.07) is 8.08. The first-order valence-corrected chi connectivity index (χ1v) is 13.4. The van der Waals surface area contributed by atoms with Crippen molar-refractivity contribution in [3.8, 4) is 0 Å². The largest absolute Gasteiger partial charge is 0.748 e. The van der Waals surface area contributed by atoms with Crippen LogP contribution in [0.3, 0.4) is 0 Å². The quantitative estimate of drug-likeness (QED) is 0.208. The van der Waals surface area contributed by atoms with E-state index >= 15 is 0 Å². The molecule has 2 rings (SSSR count). The molecule has 0 aromatic heterocycles. The number of rotatable bonds is 12. The Bertz CT molecular complexity index is 888. The zero-order chi connectivity index (χ0) is 21.7. The maximum absolute atomic E-state index is 13.0. The third-order valence-electron chi connectivity index (χ3n) is 5.56. The van der Waals surface area contributed by atoms with Crippen LogP contribution in [0.25, 0.3) is 0 Å². The Morgan fingerprint density at radius 2 is 1.76 bits per heavy atom. The lowest BCUT2D eigenvalue weighted by molar-refractivity contribution is -0.439. The number of fused-ring (bicyclic) bond motifs is 1. The smallest absolute Gasteiger partial charge is 0.330 e. The second-order valence-electron chi connectivity index (χ2n) is 7.48. The summed E-state index contributed by atoms with van der Waals surface area (Å²) in [6.07, 6.45) is 1.86. The molecule has 164 valence electrons. The molecule has 1 aromatic carbocycles. The van der Waals surface area contributed by atoms with Gasteiger partial charge >= 0.3 is 7.60 Å². The fourth-order valence-electron chi connectivity index (χ4n) is 3.92. The van der Waals surface area contributed by atoms with Crippen LogP contribution in [-0.4, -0.2) is 54.9 Å². The number of nitrogens with zero attached hydrogens (tertiary/aromatic N) is 1. The highest BCUT2D eigenvalue weighted by atomic mass is 32.2. The molecule has 1 atom stereocenters. The van der Waals surface area contributed by atoms with Gasteiger partial charge in [0.05, 0.1) is 34.9 Å². The van der Waals surface area contributed by atoms with Crippen molar-refractivity contribution in [3.05, 3.63) is 29.8 Å². The summed E-state index contributed by atoms with van der Waals surface area (Å²) in [5.74, 6) is -0.343. The van der Waals surface area contributed by atoms with Crippen LogP contribution in [0, 0.1) is 0 Å². The Hall–Kier alpha value is -1.05. The van der Waals surface area contributed by atoms with E-state index in [1.165, 1.54) is 0 Å². The van der Waals surface area contributed by atoms with Crippen molar-refractivity contribution in [3.63, 3.8) is 0 Å². The molecular formula is C20H32NO6PS. The van der Waals surface area contributed by atoms with E-state index in [9.17, 15) is 17.5 Å². The molecule has 1 aliphatic rings. The number of benzene rings is 1. The van der Waals surface area contributed by atoms with Crippen molar-refractivity contribution in [1.82, 2.24) is 0 Å². The summed E-state index contributed by atoms with van der Waals surface area (Å²) in [7, 11) is -7.34. The SMILES string of the molecule is CCOP(=O)(CCC1(C)C(C)=[N+](CCCCS(=O)(=O)[O-])c2ccccc21)OCC. The Morgan fingerprint density at radius 1 is 1.14 bits per heavy atom. The van der Waals surface area contributed by atoms with Gasteiger partial charge in [-0.15, -0.1) is 0 Å². The van der Waals surface area contributed by atoms with Gasteiger partial charge in [0.15, 0.2) is 5.71 Å². The number of hydrogen-bond donors (Lipinski definition) is 0. The van der Waals surface area contributed by atoms with E-state index in [1.807, 2.05) is 18.2 Å². The molecule has 0 saturated heterocycles. The molecule has 29 heavy (non-hydrogen) atoms. The highest BCUT2D eigenvalue weighted by Gasteiger charge is 2.47. The Kier molecular flexibility index (Phi) is 8.22. The van der Waals surface area contributed by atoms with Crippen LogP contribution in [-0.2, 0) is 29.1 Å². The molecular weight excluding hydrogens is 413 g/mol. The van der Waals surface area contributed by atoms with Crippen LogP contribution in [0.15, 0.2) is 24.3 Å². The van der Waals surface area contributed by atoms with E-state index in [4.69, 9.17) is 9.05 Å². The predicted octanol–water partition coefficient (Wildman–Crippen LogP) is 4.04. The average Bonchev–Trinajstić information content (AvgIpc) is 2.86. The third kappa shape index (κ3) is 5.98. The van der Waals surface area contributed by atoms with Crippen molar-refractivity contribution in [1.29, 1.82) is 0 Å². The van der Waals surface area contributed by atoms with Crippen molar-refractivity contribution >= 4 is 29.1 Å². The van der Waals surface area contributed by atoms with Gasteiger partial charge < -0.3 is 13.6 Å². The maximum Gasteiger partial charge on any atom is 0.330 e. The molecule has 0 saturated carbocycles. The molecule has 0 fully saturated rings. The lowest BCUT2D eigenvalue weighted by atomic mass is 9.78. The van der Waals surface area contributed by atoms with Gasteiger partial charge in [0.25, 0.3) is 0 Å². The first-order valence-electron chi connectivity index (χ1n) is 10.1. The Balaban J connectivity index is 2.23. The minimum absolute atomic E-state index is 0.319. The fourth-order valence-corrected chi connectivity index (χ4v) is 6.32. The topological polar surface area (TPSA) is 95.7 Å². The minimum atomic E-state index is -4.19. The van der Waals surface area contributed by atoms with Gasteiger partial charge in [-0.1, -0.05) is 18.2 Å². The summed E-state index contributed by atoms with van der Waals surface area (Å²) in [5.41, 5.74) is 3.00. The van der Waals surface area contributed by atoms with Gasteiger partial charge in [0.1, 0.15) is 6.54 Å². The second-order valence-corrected chi connectivity index (χ2v) is 11.2. The minimum Gasteiger partial charge on any atom is -0.748 e. The summed E-state index contributed by atoms with van der Waals surface area (Å²) >= 11 is 0. The molecule has 1 heterocycles. The molecule has 0 amide bonds. The van der Waals surface area contributed by atoms with E-state index in [0.29, 0.717) is 45.2 Å². The Labute approximate surface area is 174 Å². The molecule has 0 N–H and O–H groups in total. The zero-order valence-electron chi connectivity index (χ0n) is 17.7. The lowest BCUT2D eigenvalue weighted by Gasteiger charge is -2.25. The van der Waals surface area contributed by atoms with Crippen LogP contribution in [0.4, 0.5) is 5.69 Å². The fraction of sp³-hybridized carbons (Fsp3) is 0.650. The number of hydrogen-bond acceptors (Lipinski definition) is 6. The molecule has 1 aliphatic heterocycles. The zero-order valence-corrected chi connectivity index (χ0v) is 19.4. The predicted molar refractivity (Wildman–Crippen MR) is 113 cm³/mol. The summed E-state index contributed by atoms with van der Waals surface area (Å²) in [4.78, 5) is 0. The molecule has 0 bridgehead atoms. The Morgan fingerprint density at radius 3 is 2.34 bits per heavy atom. The van der Waals surface area contributed by atoms with E-state index in [2.05, 4.69) is 24.5 Å². The molecule has 0 aliphatic carbocycles. The van der Waals surface area contributed by atoms with Crippen molar-refractivity contribution in [2.24, 2.45) is 0 Å². The molecule has 0 spiro atoms. The van der Waals surface area contributed by atoms with Crippen LogP contribution < -0.4 is 0 Å². The van der Waals surface area contributed by atoms with Crippen LogP contribution in [0.1, 0.15) is 52.5 Å². The number of para-hydroxylation sites is 1. The van der Waals surface area contributed by atoms with Gasteiger partial charge in [0, 0.05) is 30.7 Å². The summed E-state index contributed by atoms with van der Waals surface area (Å²) < 4.78 is 58.6. The van der Waals surface area contributed by atoms with Gasteiger partial charge in [-0.2, -0.15) is 4.58 Å². The van der Waals surface area contributed by atoms with Gasteiger partial charge in [-0.3, -0.25) is 4.57 Å². The average molecular weight is 446 g/mol. The molecule has 1 unspecified atom stereocenters. The highest BCUT2D eigenvalue weighted by Crippen LogP contribution is 2.52. The standard InChI is InChI=1S/C20H32NO6PS/c1-5-26-28(22,27-6-2)15-13-20(4)17(3)21(14-9-10-16-29(23,24)25)19-12-8-7-11-18(19)20/h7-8,11-12H,5-6,9-10,13-16H2,1-4H3. The second kappa shape index (κ2) is 9.84. The van der Waals surface area contributed by atoms with Crippen LogP contribution >= 0.6 is 7.60 Å². The lowest BCUT2D eigenvalue weighted by Crippen LogP contribution is -2.31. The maximum atomic E-state index is 13.0. The third-order valence-corrected chi connectivity index (χ3v) is 8.42. The molecule has 0 radical (unpaired) electrons. The molecule has 9 heteroatoms. The van der Waals surface area contributed by atoms with Gasteiger partial charge in [-0.25, -0.2) is 8.42 Å². The van der Waals surface area contributed by atoms with Crippen LogP contribution in [0.2, 0.25) is 0 Å². The monoisotopic (exact) mass is 445 g/mol. The van der Waals surface area contributed by atoms with Crippen molar-refractivity contribution < 1.29 is 31.2 Å². The normalized spacial score (nSPS) is 19.6. The van der Waals surface area contributed by atoms with Crippen molar-refractivity contribution in [2.75, 3.05) is 31.7 Å². The number of unbranched alkanes of at least 4 members (excludes halogenated alkanes) is 1. The highest BCUT2D eigenvalue weighted by molar-refractivity contribution is 7.85. The van der Waals surface area contributed by atoms with Crippen molar-refractivity contribution in [2.45, 2.75) is 52.4 Å². The van der Waals surface area contributed by atoms with Gasteiger partial charge in [0.2, 0.25) is 5.69 Å².